The number of rotatable bonds is 5. The van der Waals surface area contributed by atoms with Crippen molar-refractivity contribution >= 4 is 29.1 Å². The van der Waals surface area contributed by atoms with Crippen LogP contribution in [0.15, 0.2) is 24.3 Å². The number of amides is 1. The van der Waals surface area contributed by atoms with E-state index in [2.05, 4.69) is 5.32 Å². The molecule has 23 heavy (non-hydrogen) atoms. The molecule has 0 saturated heterocycles. The number of hydrogen-bond acceptors (Lipinski definition) is 2. The third-order valence-corrected chi connectivity index (χ3v) is 5.55. The van der Waals surface area contributed by atoms with Crippen LogP contribution in [0.25, 0.3) is 0 Å². The summed E-state index contributed by atoms with van der Waals surface area (Å²) >= 11 is 12.2. The molecule has 2 saturated carbocycles. The molecular formula is C18H23Cl2NO2. The lowest BCUT2D eigenvalue weighted by Gasteiger charge is -2.27. The topological polar surface area (TPSA) is 38.3 Å². The average molecular weight is 356 g/mol. The van der Waals surface area contributed by atoms with Gasteiger partial charge in [0.15, 0.2) is 5.60 Å². The Morgan fingerprint density at radius 3 is 2.30 bits per heavy atom. The summed E-state index contributed by atoms with van der Waals surface area (Å²) in [6, 6.07) is 7.99. The minimum Gasteiger partial charge on any atom is -0.478 e. The highest BCUT2D eigenvalue weighted by molar-refractivity contribution is 6.51. The van der Waals surface area contributed by atoms with Gasteiger partial charge >= 0.3 is 0 Å². The molecule has 3 nitrogen and oxygen atoms in total. The molecule has 1 N–H and O–H groups in total. The van der Waals surface area contributed by atoms with Crippen LogP contribution in [0.4, 0.5) is 0 Å². The number of hydrogen-bond donors (Lipinski definition) is 1. The number of nitrogens with one attached hydrogen (secondary N) is 1. The van der Waals surface area contributed by atoms with Crippen molar-refractivity contribution in [2.75, 3.05) is 0 Å². The first kappa shape index (κ1) is 16.9. The Balaban J connectivity index is 1.59. The van der Waals surface area contributed by atoms with Gasteiger partial charge in [0.25, 0.3) is 5.91 Å². The van der Waals surface area contributed by atoms with Crippen LogP contribution in [0.5, 0.6) is 5.75 Å². The van der Waals surface area contributed by atoms with Gasteiger partial charge in [-0.1, -0.05) is 25.0 Å². The molecule has 3 rings (SSSR count). The standard InChI is InChI=1S/C18H23Cl2NO2/c1-17(2,16(22)21-13-5-3-4-6-13)23-14-9-7-12(8-10-14)15-11-18(15,19)20/h7-10,13,15H,3-6,11H2,1-2H3,(H,21,22). The fraction of sp³-hybridized carbons (Fsp3) is 0.611. The molecule has 0 bridgehead atoms. The van der Waals surface area contributed by atoms with Gasteiger partial charge in [-0.05, 0) is 50.8 Å². The monoisotopic (exact) mass is 355 g/mol. The van der Waals surface area contributed by atoms with Crippen LogP contribution in [-0.4, -0.2) is 21.9 Å². The number of carbonyl (C=O) groups is 1. The van der Waals surface area contributed by atoms with Gasteiger partial charge in [-0.2, -0.15) is 0 Å². The Hall–Kier alpha value is -0.930. The third-order valence-electron chi connectivity index (χ3n) is 4.72. The summed E-state index contributed by atoms with van der Waals surface area (Å²) in [6.07, 6.45) is 5.30. The fourth-order valence-corrected chi connectivity index (χ4v) is 3.67. The van der Waals surface area contributed by atoms with Crippen molar-refractivity contribution in [1.82, 2.24) is 5.32 Å². The van der Waals surface area contributed by atoms with Crippen LogP contribution in [0.1, 0.15) is 57.4 Å². The molecule has 0 aromatic heterocycles. The van der Waals surface area contributed by atoms with Gasteiger partial charge in [0.05, 0.1) is 0 Å². The van der Waals surface area contributed by atoms with Crippen LogP contribution in [0.3, 0.4) is 0 Å². The predicted molar refractivity (Wildman–Crippen MR) is 93.3 cm³/mol. The summed E-state index contributed by atoms with van der Waals surface area (Å²) in [5.74, 6) is 0.811. The first-order chi connectivity index (χ1) is 10.8. The molecule has 1 atom stereocenters. The maximum absolute atomic E-state index is 12.4. The minimum absolute atomic E-state index is 0.0591. The van der Waals surface area contributed by atoms with E-state index in [1.54, 1.807) is 13.8 Å². The van der Waals surface area contributed by atoms with E-state index < -0.39 is 9.93 Å². The lowest BCUT2D eigenvalue weighted by molar-refractivity contribution is -0.134. The van der Waals surface area contributed by atoms with Crippen molar-refractivity contribution in [3.8, 4) is 5.75 Å². The molecule has 2 aliphatic rings. The van der Waals surface area contributed by atoms with Crippen molar-refractivity contribution in [2.24, 2.45) is 0 Å². The minimum atomic E-state index is -0.896. The Morgan fingerprint density at radius 2 is 1.78 bits per heavy atom. The highest BCUT2D eigenvalue weighted by Crippen LogP contribution is 2.59. The number of alkyl halides is 2. The van der Waals surface area contributed by atoms with E-state index in [0.717, 1.165) is 24.8 Å². The Kier molecular flexibility index (Phi) is 4.54. The highest BCUT2D eigenvalue weighted by atomic mass is 35.5. The van der Waals surface area contributed by atoms with E-state index in [1.807, 2.05) is 24.3 Å². The maximum atomic E-state index is 12.4. The van der Waals surface area contributed by atoms with Crippen molar-refractivity contribution in [1.29, 1.82) is 0 Å². The molecule has 1 amide bonds. The molecule has 0 spiro atoms. The third kappa shape index (κ3) is 3.95. The SMILES string of the molecule is CC(C)(Oc1ccc(C2CC2(Cl)Cl)cc1)C(=O)NC1CCCC1. The molecule has 0 radical (unpaired) electrons. The summed E-state index contributed by atoms with van der Waals surface area (Å²) in [7, 11) is 0. The highest BCUT2D eigenvalue weighted by Gasteiger charge is 2.52. The van der Waals surface area contributed by atoms with E-state index >= 15 is 0 Å². The summed E-state index contributed by atoms with van der Waals surface area (Å²) in [4.78, 5) is 12.4. The van der Waals surface area contributed by atoms with Crippen molar-refractivity contribution in [2.45, 2.75) is 67.8 Å². The molecule has 126 valence electrons. The first-order valence-corrected chi connectivity index (χ1v) is 9.01. The normalized spacial score (nSPS) is 23.6. The van der Waals surface area contributed by atoms with Gasteiger partial charge < -0.3 is 10.1 Å². The number of carbonyl (C=O) groups excluding carboxylic acids is 1. The zero-order valence-corrected chi connectivity index (χ0v) is 15.1. The van der Waals surface area contributed by atoms with Crippen molar-refractivity contribution < 1.29 is 9.53 Å². The van der Waals surface area contributed by atoms with Gasteiger partial charge in [-0.15, -0.1) is 23.2 Å². The zero-order valence-electron chi connectivity index (χ0n) is 13.6. The van der Waals surface area contributed by atoms with Crippen molar-refractivity contribution in [3.63, 3.8) is 0 Å². The van der Waals surface area contributed by atoms with Gasteiger partial charge in [0, 0.05) is 12.0 Å². The number of halogens is 2. The lowest BCUT2D eigenvalue weighted by Crippen LogP contribution is -2.49. The van der Waals surface area contributed by atoms with E-state index in [9.17, 15) is 4.79 Å². The summed E-state index contributed by atoms with van der Waals surface area (Å²) < 4.78 is 5.28. The second-order valence-corrected chi connectivity index (χ2v) is 8.70. The second-order valence-electron chi connectivity index (χ2n) is 7.15. The number of benzene rings is 1. The molecule has 1 aromatic carbocycles. The molecule has 0 heterocycles. The van der Waals surface area contributed by atoms with Gasteiger partial charge in [-0.25, -0.2) is 0 Å². The molecular weight excluding hydrogens is 333 g/mol. The van der Waals surface area contributed by atoms with Crippen LogP contribution < -0.4 is 10.1 Å². The Morgan fingerprint density at radius 1 is 1.22 bits per heavy atom. The zero-order chi connectivity index (χ0) is 16.7. The van der Waals surface area contributed by atoms with Crippen LogP contribution in [0, 0.1) is 0 Å². The van der Waals surface area contributed by atoms with Crippen LogP contribution >= 0.6 is 23.2 Å². The largest absolute Gasteiger partial charge is 0.478 e. The average Bonchev–Trinajstić information content (AvgIpc) is 2.87. The molecule has 1 aromatic rings. The summed E-state index contributed by atoms with van der Waals surface area (Å²) in [5.41, 5.74) is 0.211. The van der Waals surface area contributed by atoms with E-state index in [-0.39, 0.29) is 11.8 Å². The van der Waals surface area contributed by atoms with Gasteiger partial charge in [-0.3, -0.25) is 4.79 Å². The maximum Gasteiger partial charge on any atom is 0.263 e. The fourth-order valence-electron chi connectivity index (χ4n) is 3.11. The van der Waals surface area contributed by atoms with E-state index in [1.165, 1.54) is 12.8 Å². The molecule has 2 fully saturated rings. The molecule has 5 heteroatoms. The Labute approximate surface area is 147 Å². The summed E-state index contributed by atoms with van der Waals surface area (Å²) in [5, 5.41) is 3.09. The Bertz CT molecular complexity index is 577. The predicted octanol–water partition coefficient (Wildman–Crippen LogP) is 4.56. The first-order valence-electron chi connectivity index (χ1n) is 8.26. The summed E-state index contributed by atoms with van der Waals surface area (Å²) in [6.45, 7) is 3.60. The van der Waals surface area contributed by atoms with Crippen molar-refractivity contribution in [3.05, 3.63) is 29.8 Å². The van der Waals surface area contributed by atoms with Crippen LogP contribution in [-0.2, 0) is 4.79 Å². The van der Waals surface area contributed by atoms with Crippen LogP contribution in [0.2, 0.25) is 0 Å². The number of ether oxygens (including phenoxy) is 1. The van der Waals surface area contributed by atoms with E-state index in [4.69, 9.17) is 27.9 Å². The molecule has 2 aliphatic carbocycles. The van der Waals surface area contributed by atoms with Gasteiger partial charge in [0.1, 0.15) is 10.1 Å². The molecule has 0 aliphatic heterocycles. The van der Waals surface area contributed by atoms with Gasteiger partial charge in [0.2, 0.25) is 0 Å². The second kappa shape index (κ2) is 6.18. The molecule has 1 unspecified atom stereocenters. The lowest BCUT2D eigenvalue weighted by atomic mass is 10.1. The quantitative estimate of drug-likeness (QED) is 0.786. The van der Waals surface area contributed by atoms with E-state index in [0.29, 0.717) is 11.8 Å². The smallest absolute Gasteiger partial charge is 0.263 e.